The predicted octanol–water partition coefficient (Wildman–Crippen LogP) is 6.78. The molecule has 14 heteroatoms. The number of rotatable bonds is 8. The van der Waals surface area contributed by atoms with E-state index < -0.39 is 48.6 Å². The second kappa shape index (κ2) is 8.99. The van der Waals surface area contributed by atoms with Crippen LogP contribution in [0.1, 0.15) is 15.9 Å². The van der Waals surface area contributed by atoms with Gasteiger partial charge in [0.05, 0.1) is 0 Å². The summed E-state index contributed by atoms with van der Waals surface area (Å²) in [4.78, 5) is 10.7. The number of carbonyl (C=O) groups excluding carboxylic acids is 1. The molecule has 180 valence electrons. The summed E-state index contributed by atoms with van der Waals surface area (Å²) in [5.74, 6) is -16.0. The van der Waals surface area contributed by atoms with Crippen LogP contribution in [0.5, 0.6) is 0 Å². The molecular formula is C19H10BrClF8O3S. The first-order valence-corrected chi connectivity index (χ1v) is 11.1. The van der Waals surface area contributed by atoms with Crippen LogP contribution in [0, 0.1) is 0 Å². The number of Topliss-reactive ketones (excluding diaryl/α,β-unsaturated/α-hetero) is 1. The van der Waals surface area contributed by atoms with Gasteiger partial charge in [-0.25, -0.2) is 8.42 Å². The number of halogens is 10. The van der Waals surface area contributed by atoms with Crippen LogP contribution < -0.4 is 0 Å². The smallest absolute Gasteiger partial charge is 0.288 e. The lowest BCUT2D eigenvalue weighted by atomic mass is 10.1. The van der Waals surface area contributed by atoms with Crippen molar-refractivity contribution < 1.29 is 48.3 Å². The standard InChI is InChI=1S/C19H10BrClF8O3S/c20-13-9-5-4-8-12(13)10-14(15(30)11-6-2-1-3-7-11)33(31,32)19(28,29)17(24,25)16(22,23)18(21,26)27/h1-10H/b14-10-. The zero-order valence-electron chi connectivity index (χ0n) is 15.7. The van der Waals surface area contributed by atoms with Gasteiger partial charge in [-0.3, -0.25) is 4.79 Å². The highest BCUT2D eigenvalue weighted by Gasteiger charge is 2.84. The van der Waals surface area contributed by atoms with Crippen molar-refractivity contribution in [1.82, 2.24) is 0 Å². The molecule has 0 aliphatic heterocycles. The summed E-state index contributed by atoms with van der Waals surface area (Å²) in [6.45, 7) is 0. The average molecular weight is 586 g/mol. The first-order chi connectivity index (χ1) is 14.9. The van der Waals surface area contributed by atoms with Crippen molar-refractivity contribution in [2.45, 2.75) is 22.5 Å². The summed E-state index contributed by atoms with van der Waals surface area (Å²) in [5.41, 5.74) is -0.887. The molecule has 2 aromatic carbocycles. The largest absolute Gasteiger partial charge is 0.418 e. The summed E-state index contributed by atoms with van der Waals surface area (Å²) in [6, 6.07) is 10.5. The molecule has 0 bridgehead atoms. The minimum absolute atomic E-state index is 0.00580. The Balaban J connectivity index is 2.82. The topological polar surface area (TPSA) is 51.2 Å². The molecule has 0 saturated carbocycles. The van der Waals surface area contributed by atoms with Gasteiger partial charge in [-0.2, -0.15) is 35.1 Å². The fourth-order valence-electron chi connectivity index (χ4n) is 2.40. The van der Waals surface area contributed by atoms with Crippen LogP contribution in [0.4, 0.5) is 35.1 Å². The highest BCUT2D eigenvalue weighted by molar-refractivity contribution is 9.10. The first kappa shape index (κ1) is 27.3. The maximum atomic E-state index is 14.5. The number of benzene rings is 2. The van der Waals surface area contributed by atoms with Gasteiger partial charge in [-0.15, -0.1) is 0 Å². The fourth-order valence-corrected chi connectivity index (χ4v) is 4.30. The van der Waals surface area contributed by atoms with E-state index in [0.717, 1.165) is 18.2 Å². The Labute approximate surface area is 195 Å². The molecule has 0 atom stereocenters. The number of carbonyl (C=O) groups is 1. The molecule has 0 radical (unpaired) electrons. The van der Waals surface area contributed by atoms with Crippen molar-refractivity contribution in [3.63, 3.8) is 0 Å². The molecule has 0 N–H and O–H groups in total. The van der Waals surface area contributed by atoms with E-state index >= 15 is 0 Å². The van der Waals surface area contributed by atoms with Crippen molar-refractivity contribution in [3.05, 3.63) is 75.1 Å². The van der Waals surface area contributed by atoms with Crippen LogP contribution in [0.25, 0.3) is 6.08 Å². The summed E-state index contributed by atoms with van der Waals surface area (Å²) < 4.78 is 135. The first-order valence-electron chi connectivity index (χ1n) is 8.40. The maximum Gasteiger partial charge on any atom is 0.418 e. The molecule has 2 rings (SSSR count). The summed E-state index contributed by atoms with van der Waals surface area (Å²) in [7, 11) is -7.03. The van der Waals surface area contributed by atoms with Crippen molar-refractivity contribution in [2.24, 2.45) is 0 Å². The highest BCUT2D eigenvalue weighted by Crippen LogP contribution is 2.56. The zero-order chi connectivity index (χ0) is 25.5. The molecule has 2 aromatic rings. The van der Waals surface area contributed by atoms with Gasteiger partial charge < -0.3 is 0 Å². The molecule has 0 unspecified atom stereocenters. The van der Waals surface area contributed by atoms with E-state index in [1.165, 1.54) is 36.4 Å². The van der Waals surface area contributed by atoms with Gasteiger partial charge in [-0.05, 0) is 29.3 Å². The van der Waals surface area contributed by atoms with E-state index in [0.29, 0.717) is 0 Å². The lowest BCUT2D eigenvalue weighted by Gasteiger charge is -2.34. The van der Waals surface area contributed by atoms with Crippen LogP contribution in [0.2, 0.25) is 0 Å². The Kier molecular flexibility index (Phi) is 7.42. The van der Waals surface area contributed by atoms with E-state index in [2.05, 4.69) is 27.5 Å². The van der Waals surface area contributed by atoms with Crippen molar-refractivity contribution in [1.29, 1.82) is 0 Å². The van der Waals surface area contributed by atoms with Crippen LogP contribution >= 0.6 is 27.5 Å². The van der Waals surface area contributed by atoms with Gasteiger partial charge in [0.15, 0.2) is 0 Å². The monoisotopic (exact) mass is 584 g/mol. The Bertz CT molecular complexity index is 1180. The molecule has 0 saturated heterocycles. The summed E-state index contributed by atoms with van der Waals surface area (Å²) in [5, 5.41) is -13.1. The van der Waals surface area contributed by atoms with Gasteiger partial charge in [-0.1, -0.05) is 64.5 Å². The second-order valence-corrected chi connectivity index (χ2v) is 9.68. The molecule has 3 nitrogen and oxygen atoms in total. The van der Waals surface area contributed by atoms with Crippen LogP contribution in [-0.4, -0.2) is 36.7 Å². The third-order valence-electron chi connectivity index (χ3n) is 4.19. The molecule has 33 heavy (non-hydrogen) atoms. The number of hydrogen-bond acceptors (Lipinski definition) is 3. The van der Waals surface area contributed by atoms with E-state index in [-0.39, 0.29) is 16.1 Å². The van der Waals surface area contributed by atoms with Gasteiger partial charge in [0.1, 0.15) is 4.91 Å². The summed E-state index contributed by atoms with van der Waals surface area (Å²) in [6.07, 6.45) is 0.232. The maximum absolute atomic E-state index is 14.5. The lowest BCUT2D eigenvalue weighted by molar-refractivity contribution is -0.326. The number of ketones is 1. The van der Waals surface area contributed by atoms with Gasteiger partial charge in [0.2, 0.25) is 5.78 Å². The van der Waals surface area contributed by atoms with Gasteiger partial charge >= 0.3 is 22.5 Å². The molecule has 0 amide bonds. The molecule has 0 aromatic heterocycles. The molecule has 0 spiro atoms. The van der Waals surface area contributed by atoms with Crippen molar-refractivity contribution in [3.8, 4) is 0 Å². The molecular weight excluding hydrogens is 576 g/mol. The quantitative estimate of drug-likeness (QED) is 0.149. The third-order valence-corrected chi connectivity index (χ3v) is 6.97. The highest BCUT2D eigenvalue weighted by atomic mass is 79.9. The second-order valence-electron chi connectivity index (χ2n) is 6.39. The van der Waals surface area contributed by atoms with E-state index in [1.54, 1.807) is 0 Å². The summed E-state index contributed by atoms with van der Waals surface area (Å²) >= 11 is 6.80. The average Bonchev–Trinajstić information content (AvgIpc) is 2.72. The zero-order valence-corrected chi connectivity index (χ0v) is 18.8. The minimum Gasteiger partial charge on any atom is -0.288 e. The molecule has 0 fully saturated rings. The Morgan fingerprint density at radius 2 is 1.30 bits per heavy atom. The SMILES string of the molecule is O=C(/C(=C/c1ccccc1Br)S(=O)(=O)C(F)(F)C(F)(F)C(F)(F)C(F)(F)Cl)c1ccccc1. The lowest BCUT2D eigenvalue weighted by Crippen LogP contribution is -2.63. The molecule has 0 aliphatic rings. The van der Waals surface area contributed by atoms with Crippen molar-refractivity contribution >= 4 is 49.2 Å². The van der Waals surface area contributed by atoms with Crippen LogP contribution in [-0.2, 0) is 9.84 Å². The van der Waals surface area contributed by atoms with Crippen LogP contribution in [0.15, 0.2) is 64.0 Å². The minimum atomic E-state index is -7.23. The van der Waals surface area contributed by atoms with Gasteiger partial charge in [0.25, 0.3) is 9.84 Å². The van der Waals surface area contributed by atoms with E-state index in [1.807, 2.05) is 0 Å². The fraction of sp³-hybridized carbons (Fsp3) is 0.211. The number of alkyl halides is 9. The van der Waals surface area contributed by atoms with E-state index in [4.69, 9.17) is 0 Å². The number of sulfone groups is 1. The Hall–Kier alpha value is -1.99. The van der Waals surface area contributed by atoms with E-state index in [9.17, 15) is 48.3 Å². The normalized spacial score (nSPS) is 14.3. The molecule has 0 heterocycles. The third kappa shape index (κ3) is 4.67. The van der Waals surface area contributed by atoms with Crippen molar-refractivity contribution in [2.75, 3.05) is 0 Å². The predicted molar refractivity (Wildman–Crippen MR) is 107 cm³/mol. The number of hydrogen-bond donors (Lipinski definition) is 0. The van der Waals surface area contributed by atoms with Crippen LogP contribution in [0.3, 0.4) is 0 Å². The molecule has 0 aliphatic carbocycles. The number of allylic oxidation sites excluding steroid dienone is 1. The van der Waals surface area contributed by atoms with Gasteiger partial charge in [0, 0.05) is 10.0 Å². The Morgan fingerprint density at radius 3 is 1.79 bits per heavy atom. The Morgan fingerprint density at radius 1 is 0.818 bits per heavy atom.